The Morgan fingerprint density at radius 1 is 1.04 bits per heavy atom. The van der Waals surface area contributed by atoms with Crippen LogP contribution in [0, 0.1) is 10.1 Å². The fourth-order valence-electron chi connectivity index (χ4n) is 2.23. The number of para-hydroxylation sites is 1. The van der Waals surface area contributed by atoms with Gasteiger partial charge in [0.15, 0.2) is 0 Å². The Balaban J connectivity index is 1.87. The molecule has 1 heterocycles. The summed E-state index contributed by atoms with van der Waals surface area (Å²) in [6.45, 7) is 0. The second-order valence-electron chi connectivity index (χ2n) is 4.99. The minimum atomic E-state index is -1.26. The number of rotatable bonds is 5. The van der Waals surface area contributed by atoms with E-state index in [4.69, 9.17) is 9.52 Å². The lowest BCUT2D eigenvalue weighted by molar-refractivity contribution is -0.384. The number of nitrogens with zero attached hydrogens (tertiary/aromatic N) is 3. The number of nitro benzene ring substituents is 1. The van der Waals surface area contributed by atoms with E-state index in [1.54, 1.807) is 6.07 Å². The molecular weight excluding hydrogens is 344 g/mol. The summed E-state index contributed by atoms with van der Waals surface area (Å²) in [4.78, 5) is 33.9. The predicted octanol–water partition coefficient (Wildman–Crippen LogP) is 2.60. The van der Waals surface area contributed by atoms with Crippen molar-refractivity contribution >= 4 is 23.6 Å². The summed E-state index contributed by atoms with van der Waals surface area (Å²) < 4.78 is 5.25. The second-order valence-corrected chi connectivity index (χ2v) is 4.99. The number of carboxylic acid groups (broad SMARTS) is 1. The van der Waals surface area contributed by atoms with E-state index in [9.17, 15) is 19.7 Å². The minimum absolute atomic E-state index is 0.0922. The van der Waals surface area contributed by atoms with Gasteiger partial charge in [-0.15, -0.1) is 5.10 Å². The molecule has 26 heavy (non-hydrogen) atoms. The van der Waals surface area contributed by atoms with Gasteiger partial charge in [-0.2, -0.15) is 0 Å². The number of aromatic carboxylic acids is 1. The maximum absolute atomic E-state index is 12.2. The molecule has 1 aromatic heterocycles. The summed E-state index contributed by atoms with van der Waals surface area (Å²) in [7, 11) is 0. The zero-order chi connectivity index (χ0) is 18.7. The molecule has 0 aliphatic rings. The maximum Gasteiger partial charge on any atom is 0.336 e. The van der Waals surface area contributed by atoms with E-state index in [-0.39, 0.29) is 34.3 Å². The van der Waals surface area contributed by atoms with E-state index in [1.165, 1.54) is 42.5 Å². The van der Waals surface area contributed by atoms with Gasteiger partial charge in [0.05, 0.1) is 16.1 Å². The Hall–Kier alpha value is -4.08. The predicted molar refractivity (Wildman–Crippen MR) is 87.7 cm³/mol. The van der Waals surface area contributed by atoms with Crippen LogP contribution in [0.15, 0.2) is 52.9 Å². The van der Waals surface area contributed by atoms with Crippen molar-refractivity contribution in [2.45, 2.75) is 0 Å². The number of anilines is 1. The lowest BCUT2D eigenvalue weighted by Crippen LogP contribution is -2.16. The molecule has 10 heteroatoms. The molecule has 0 bridgehead atoms. The van der Waals surface area contributed by atoms with E-state index in [2.05, 4.69) is 15.5 Å². The van der Waals surface area contributed by atoms with Crippen molar-refractivity contribution in [2.75, 3.05) is 5.32 Å². The molecule has 0 aliphatic carbocycles. The van der Waals surface area contributed by atoms with Gasteiger partial charge in [-0.1, -0.05) is 29.4 Å². The first-order valence-corrected chi connectivity index (χ1v) is 7.18. The van der Waals surface area contributed by atoms with E-state index < -0.39 is 16.8 Å². The first-order chi connectivity index (χ1) is 12.5. The van der Waals surface area contributed by atoms with Crippen molar-refractivity contribution in [2.24, 2.45) is 0 Å². The zero-order valence-corrected chi connectivity index (χ0v) is 12.9. The first-order valence-electron chi connectivity index (χ1n) is 7.18. The summed E-state index contributed by atoms with van der Waals surface area (Å²) in [5.74, 6) is -2.18. The van der Waals surface area contributed by atoms with Crippen LogP contribution in [0.5, 0.6) is 0 Å². The van der Waals surface area contributed by atoms with Crippen LogP contribution >= 0.6 is 0 Å². The van der Waals surface area contributed by atoms with Gasteiger partial charge in [-0.3, -0.25) is 20.2 Å². The van der Waals surface area contributed by atoms with E-state index in [0.717, 1.165) is 0 Å². The average molecular weight is 354 g/mol. The fourth-order valence-corrected chi connectivity index (χ4v) is 2.23. The minimum Gasteiger partial charge on any atom is -0.478 e. The third-order valence-corrected chi connectivity index (χ3v) is 3.38. The molecule has 3 aromatic rings. The number of carbonyl (C=O) groups excluding carboxylic acids is 1. The Morgan fingerprint density at radius 3 is 2.38 bits per heavy atom. The Kier molecular flexibility index (Phi) is 4.39. The highest BCUT2D eigenvalue weighted by atomic mass is 16.6. The quantitative estimate of drug-likeness (QED) is 0.524. The standard InChI is InChI=1S/C16H10N4O6/c21-13(9-5-1-2-6-10(9)15(22)23)17-16-19-18-14(26-16)11-7-3-4-8-12(11)20(24)25/h1-8H,(H,22,23)(H,17,19,21). The molecule has 10 nitrogen and oxygen atoms in total. The Bertz CT molecular complexity index is 1010. The van der Waals surface area contributed by atoms with Crippen LogP contribution in [-0.2, 0) is 0 Å². The van der Waals surface area contributed by atoms with Gasteiger partial charge in [0.2, 0.25) is 0 Å². The number of nitrogens with one attached hydrogen (secondary N) is 1. The molecule has 2 N–H and O–H groups in total. The van der Waals surface area contributed by atoms with Gasteiger partial charge in [-0.25, -0.2) is 4.79 Å². The number of aromatic nitrogens is 2. The van der Waals surface area contributed by atoms with Gasteiger partial charge in [0, 0.05) is 6.07 Å². The van der Waals surface area contributed by atoms with Crippen LogP contribution in [0.25, 0.3) is 11.5 Å². The maximum atomic E-state index is 12.2. The molecule has 0 unspecified atom stereocenters. The van der Waals surface area contributed by atoms with Crippen molar-refractivity contribution in [1.82, 2.24) is 10.2 Å². The summed E-state index contributed by atoms with van der Waals surface area (Å²) >= 11 is 0. The summed E-state index contributed by atoms with van der Waals surface area (Å²) in [5.41, 5.74) is -0.421. The fraction of sp³-hybridized carbons (Fsp3) is 0. The molecule has 0 atom stereocenters. The molecule has 3 rings (SSSR count). The molecule has 0 radical (unpaired) electrons. The number of carboxylic acids is 1. The number of amides is 1. The average Bonchev–Trinajstić information content (AvgIpc) is 3.10. The summed E-state index contributed by atoms with van der Waals surface area (Å²) in [5, 5.41) is 29.8. The molecule has 1 amide bonds. The normalized spacial score (nSPS) is 10.3. The Morgan fingerprint density at radius 2 is 1.69 bits per heavy atom. The number of carbonyl (C=O) groups is 2. The molecule has 0 spiro atoms. The van der Waals surface area contributed by atoms with Crippen molar-refractivity contribution in [3.05, 3.63) is 69.8 Å². The molecule has 0 aliphatic heterocycles. The third kappa shape index (κ3) is 3.24. The van der Waals surface area contributed by atoms with Crippen LogP contribution < -0.4 is 5.32 Å². The number of hydrogen-bond donors (Lipinski definition) is 2. The summed E-state index contributed by atoms with van der Waals surface area (Å²) in [6, 6.07) is 11.0. The van der Waals surface area contributed by atoms with Crippen LogP contribution in [0.4, 0.5) is 11.7 Å². The van der Waals surface area contributed by atoms with Crippen molar-refractivity contribution in [1.29, 1.82) is 0 Å². The van der Waals surface area contributed by atoms with Crippen LogP contribution in [0.2, 0.25) is 0 Å². The molecule has 130 valence electrons. The van der Waals surface area contributed by atoms with Crippen molar-refractivity contribution in [3.8, 4) is 11.5 Å². The zero-order valence-electron chi connectivity index (χ0n) is 12.9. The largest absolute Gasteiger partial charge is 0.478 e. The lowest BCUT2D eigenvalue weighted by atomic mass is 10.1. The van der Waals surface area contributed by atoms with E-state index in [0.29, 0.717) is 0 Å². The highest BCUT2D eigenvalue weighted by Gasteiger charge is 2.21. The number of benzene rings is 2. The van der Waals surface area contributed by atoms with Gasteiger partial charge in [-0.05, 0) is 18.2 Å². The van der Waals surface area contributed by atoms with Crippen molar-refractivity contribution in [3.63, 3.8) is 0 Å². The molecule has 0 saturated heterocycles. The first kappa shape index (κ1) is 16.8. The molecular formula is C16H10N4O6. The topological polar surface area (TPSA) is 148 Å². The van der Waals surface area contributed by atoms with E-state index in [1.807, 2.05) is 0 Å². The highest BCUT2D eigenvalue weighted by molar-refractivity contribution is 6.10. The molecule has 2 aromatic carbocycles. The third-order valence-electron chi connectivity index (χ3n) is 3.38. The van der Waals surface area contributed by atoms with Crippen LogP contribution in [-0.4, -0.2) is 32.1 Å². The van der Waals surface area contributed by atoms with Crippen molar-refractivity contribution < 1.29 is 24.0 Å². The van der Waals surface area contributed by atoms with Gasteiger partial charge in [0.1, 0.15) is 5.56 Å². The number of nitro groups is 1. The number of hydrogen-bond acceptors (Lipinski definition) is 7. The van der Waals surface area contributed by atoms with Gasteiger partial charge in [0.25, 0.3) is 17.5 Å². The molecule has 0 saturated carbocycles. The lowest BCUT2D eigenvalue weighted by Gasteiger charge is -2.04. The smallest absolute Gasteiger partial charge is 0.336 e. The van der Waals surface area contributed by atoms with E-state index >= 15 is 0 Å². The Labute approximate surface area is 145 Å². The summed E-state index contributed by atoms with van der Waals surface area (Å²) in [6.07, 6.45) is 0. The van der Waals surface area contributed by atoms with Gasteiger partial charge < -0.3 is 9.52 Å². The highest BCUT2D eigenvalue weighted by Crippen LogP contribution is 2.29. The molecule has 0 fully saturated rings. The monoisotopic (exact) mass is 354 g/mol. The second kappa shape index (κ2) is 6.81. The van der Waals surface area contributed by atoms with Crippen LogP contribution in [0.3, 0.4) is 0 Å². The SMILES string of the molecule is O=C(O)c1ccccc1C(=O)Nc1nnc(-c2ccccc2[N+](=O)[O-])o1. The van der Waals surface area contributed by atoms with Crippen LogP contribution in [0.1, 0.15) is 20.7 Å². The van der Waals surface area contributed by atoms with Gasteiger partial charge >= 0.3 is 12.0 Å².